The third kappa shape index (κ3) is 3.74. The van der Waals surface area contributed by atoms with E-state index in [1.54, 1.807) is 0 Å². The van der Waals surface area contributed by atoms with Crippen molar-refractivity contribution in [3.8, 4) is 0 Å². The van der Waals surface area contributed by atoms with Gasteiger partial charge in [-0.1, -0.05) is 12.1 Å². The summed E-state index contributed by atoms with van der Waals surface area (Å²) in [5, 5.41) is 10.4. The molecule has 0 spiro atoms. The number of likely N-dealkylation sites (tertiary alicyclic amines) is 1. The van der Waals surface area contributed by atoms with E-state index >= 15 is 0 Å². The van der Waals surface area contributed by atoms with Crippen LogP contribution < -0.4 is 5.73 Å². The fraction of sp³-hybridized carbons (Fsp3) is 0.625. The van der Waals surface area contributed by atoms with Gasteiger partial charge in [0.1, 0.15) is 0 Å². The van der Waals surface area contributed by atoms with E-state index in [-0.39, 0.29) is 0 Å². The smallest absolute Gasteiger partial charge is 0.0917 e. The van der Waals surface area contributed by atoms with Crippen molar-refractivity contribution in [1.82, 2.24) is 9.80 Å². The summed E-state index contributed by atoms with van der Waals surface area (Å²) >= 11 is 0. The van der Waals surface area contributed by atoms with Crippen molar-refractivity contribution < 1.29 is 9.84 Å². The summed E-state index contributed by atoms with van der Waals surface area (Å²) < 4.78 is 5.41. The first-order chi connectivity index (χ1) is 10.2. The maximum atomic E-state index is 10.4. The SMILES string of the molecule is Nc1cccc(C(O)CN2CCC(N3CCOCC3)C2)c1. The number of β-amino-alcohol motifs (C(OH)–C–C–N with tert-alkyl or cyclic N) is 1. The zero-order valence-electron chi connectivity index (χ0n) is 12.4. The number of morpholine rings is 1. The van der Waals surface area contributed by atoms with Crippen LogP contribution in [0.3, 0.4) is 0 Å². The Morgan fingerprint density at radius 2 is 2.10 bits per heavy atom. The Labute approximate surface area is 126 Å². The first-order valence-electron chi connectivity index (χ1n) is 7.80. The van der Waals surface area contributed by atoms with Gasteiger partial charge in [-0.3, -0.25) is 9.80 Å². The maximum absolute atomic E-state index is 10.4. The minimum atomic E-state index is -0.461. The zero-order chi connectivity index (χ0) is 14.7. The van der Waals surface area contributed by atoms with E-state index in [9.17, 15) is 5.11 Å². The molecule has 2 aliphatic heterocycles. The summed E-state index contributed by atoms with van der Waals surface area (Å²) in [6, 6.07) is 8.16. The highest BCUT2D eigenvalue weighted by atomic mass is 16.5. The van der Waals surface area contributed by atoms with Gasteiger partial charge >= 0.3 is 0 Å². The fourth-order valence-corrected chi connectivity index (χ4v) is 3.33. The van der Waals surface area contributed by atoms with Crippen molar-refractivity contribution in [2.75, 3.05) is 51.7 Å². The molecule has 2 atom stereocenters. The quantitative estimate of drug-likeness (QED) is 0.800. The van der Waals surface area contributed by atoms with Crippen molar-refractivity contribution in [3.63, 3.8) is 0 Å². The molecule has 3 rings (SSSR count). The molecule has 2 saturated heterocycles. The lowest BCUT2D eigenvalue weighted by atomic mass is 10.1. The van der Waals surface area contributed by atoms with E-state index in [2.05, 4.69) is 9.80 Å². The van der Waals surface area contributed by atoms with Gasteiger partial charge in [-0.2, -0.15) is 0 Å². The normalized spacial score (nSPS) is 26.0. The van der Waals surface area contributed by atoms with Crippen LogP contribution in [0.25, 0.3) is 0 Å². The second-order valence-electron chi connectivity index (χ2n) is 6.04. The summed E-state index contributed by atoms with van der Waals surface area (Å²) in [6.07, 6.45) is 0.723. The molecule has 1 aromatic rings. The number of nitrogens with two attached hydrogens (primary N) is 1. The number of hydrogen-bond donors (Lipinski definition) is 2. The van der Waals surface area contributed by atoms with E-state index in [4.69, 9.17) is 10.5 Å². The summed E-state index contributed by atoms with van der Waals surface area (Å²) in [6.45, 7) is 6.56. The van der Waals surface area contributed by atoms with Crippen molar-refractivity contribution in [2.24, 2.45) is 0 Å². The van der Waals surface area contributed by atoms with Gasteiger partial charge in [0.15, 0.2) is 0 Å². The van der Waals surface area contributed by atoms with E-state index in [1.165, 1.54) is 6.42 Å². The maximum Gasteiger partial charge on any atom is 0.0917 e. The molecule has 116 valence electrons. The molecule has 0 amide bonds. The predicted molar refractivity (Wildman–Crippen MR) is 83.1 cm³/mol. The molecular formula is C16H25N3O2. The largest absolute Gasteiger partial charge is 0.399 e. The lowest BCUT2D eigenvalue weighted by Gasteiger charge is -2.32. The lowest BCUT2D eigenvalue weighted by Crippen LogP contribution is -2.44. The van der Waals surface area contributed by atoms with Gasteiger partial charge in [0, 0.05) is 37.9 Å². The van der Waals surface area contributed by atoms with Crippen LogP contribution in [0.4, 0.5) is 5.69 Å². The van der Waals surface area contributed by atoms with Gasteiger partial charge in [0.2, 0.25) is 0 Å². The molecule has 21 heavy (non-hydrogen) atoms. The molecule has 5 heteroatoms. The van der Waals surface area contributed by atoms with Gasteiger partial charge in [-0.15, -0.1) is 0 Å². The Bertz CT molecular complexity index is 463. The summed E-state index contributed by atoms with van der Waals surface area (Å²) in [7, 11) is 0. The molecule has 0 radical (unpaired) electrons. The third-order valence-corrected chi connectivity index (χ3v) is 4.54. The average Bonchev–Trinajstić information content (AvgIpc) is 2.97. The number of nitrogens with zero attached hydrogens (tertiary/aromatic N) is 2. The third-order valence-electron chi connectivity index (χ3n) is 4.54. The minimum absolute atomic E-state index is 0.461. The van der Waals surface area contributed by atoms with Crippen LogP contribution in [0.15, 0.2) is 24.3 Å². The molecule has 2 aliphatic rings. The monoisotopic (exact) mass is 291 g/mol. The molecule has 0 aromatic heterocycles. The summed E-state index contributed by atoms with van der Waals surface area (Å²) in [5.41, 5.74) is 7.40. The number of benzene rings is 1. The van der Waals surface area contributed by atoms with Crippen molar-refractivity contribution in [2.45, 2.75) is 18.6 Å². The molecule has 2 fully saturated rings. The molecule has 0 saturated carbocycles. The zero-order valence-corrected chi connectivity index (χ0v) is 12.4. The van der Waals surface area contributed by atoms with E-state index in [0.717, 1.165) is 45.0 Å². The van der Waals surface area contributed by atoms with Gasteiger partial charge in [0.05, 0.1) is 19.3 Å². The van der Waals surface area contributed by atoms with Crippen molar-refractivity contribution >= 4 is 5.69 Å². The number of ether oxygens (including phenoxy) is 1. The fourth-order valence-electron chi connectivity index (χ4n) is 3.33. The van der Waals surface area contributed by atoms with Gasteiger partial charge in [-0.25, -0.2) is 0 Å². The predicted octanol–water partition coefficient (Wildman–Crippen LogP) is 0.709. The summed E-state index contributed by atoms with van der Waals surface area (Å²) in [4.78, 5) is 4.88. The van der Waals surface area contributed by atoms with Crippen molar-refractivity contribution in [3.05, 3.63) is 29.8 Å². The van der Waals surface area contributed by atoms with Gasteiger partial charge < -0.3 is 15.6 Å². The topological polar surface area (TPSA) is 62.0 Å². The van der Waals surface area contributed by atoms with Crippen LogP contribution in [-0.2, 0) is 4.74 Å². The Kier molecular flexibility index (Phi) is 4.75. The second-order valence-corrected chi connectivity index (χ2v) is 6.04. The first-order valence-corrected chi connectivity index (χ1v) is 7.80. The highest BCUT2D eigenvalue weighted by Gasteiger charge is 2.29. The molecule has 0 bridgehead atoms. The Morgan fingerprint density at radius 1 is 1.29 bits per heavy atom. The lowest BCUT2D eigenvalue weighted by molar-refractivity contribution is 0.0174. The van der Waals surface area contributed by atoms with E-state index in [0.29, 0.717) is 18.3 Å². The van der Waals surface area contributed by atoms with Gasteiger partial charge in [0.25, 0.3) is 0 Å². The van der Waals surface area contributed by atoms with E-state index < -0.39 is 6.10 Å². The van der Waals surface area contributed by atoms with Gasteiger partial charge in [-0.05, 0) is 30.7 Å². The highest BCUT2D eigenvalue weighted by Crippen LogP contribution is 2.22. The molecule has 3 N–H and O–H groups in total. The number of aliphatic hydroxyl groups excluding tert-OH is 1. The van der Waals surface area contributed by atoms with Crippen LogP contribution in [0.1, 0.15) is 18.1 Å². The van der Waals surface area contributed by atoms with Crippen LogP contribution in [0, 0.1) is 0 Å². The molecule has 1 aromatic carbocycles. The van der Waals surface area contributed by atoms with E-state index in [1.807, 2.05) is 24.3 Å². The number of hydrogen-bond acceptors (Lipinski definition) is 5. The minimum Gasteiger partial charge on any atom is -0.399 e. The molecule has 5 nitrogen and oxygen atoms in total. The number of anilines is 1. The van der Waals surface area contributed by atoms with Crippen LogP contribution in [0.5, 0.6) is 0 Å². The number of nitrogen functional groups attached to an aromatic ring is 1. The van der Waals surface area contributed by atoms with Crippen LogP contribution in [0.2, 0.25) is 0 Å². The Morgan fingerprint density at radius 3 is 2.86 bits per heavy atom. The number of aliphatic hydroxyl groups is 1. The molecule has 0 aliphatic carbocycles. The summed E-state index contributed by atoms with van der Waals surface area (Å²) in [5.74, 6) is 0. The van der Waals surface area contributed by atoms with Crippen LogP contribution in [-0.4, -0.2) is 66.9 Å². The second kappa shape index (κ2) is 6.75. The molecule has 2 unspecified atom stereocenters. The first kappa shape index (κ1) is 14.8. The Balaban J connectivity index is 1.52. The Hall–Kier alpha value is -1.14. The molecule has 2 heterocycles. The average molecular weight is 291 g/mol. The molecular weight excluding hydrogens is 266 g/mol. The standard InChI is InChI=1S/C16H25N3O2/c17-14-3-1-2-13(10-14)16(20)12-18-5-4-15(11-18)19-6-8-21-9-7-19/h1-3,10,15-16,20H,4-9,11-12,17H2. The highest BCUT2D eigenvalue weighted by molar-refractivity contribution is 5.41. The number of rotatable bonds is 4. The van der Waals surface area contributed by atoms with Crippen molar-refractivity contribution in [1.29, 1.82) is 0 Å². The van der Waals surface area contributed by atoms with Crippen LogP contribution >= 0.6 is 0 Å².